The summed E-state index contributed by atoms with van der Waals surface area (Å²) in [6.07, 6.45) is 7.33. The minimum atomic E-state index is -0.0644. The average molecular weight is 387 g/mol. The van der Waals surface area contributed by atoms with Crippen molar-refractivity contribution < 1.29 is 0 Å². The Kier molecular flexibility index (Phi) is 4.42. The molecule has 5 rings (SSSR count). The average Bonchev–Trinajstić information content (AvgIpc) is 3.14. The van der Waals surface area contributed by atoms with E-state index in [0.717, 1.165) is 35.2 Å². The van der Waals surface area contributed by atoms with Crippen LogP contribution in [0, 0.1) is 5.92 Å². The largest absolute Gasteiger partial charge is 0.310 e. The number of aryl methyl sites for hydroxylation is 1. The predicted octanol–water partition coefficient (Wildman–Crippen LogP) is 4.42. The molecule has 0 saturated heterocycles. The van der Waals surface area contributed by atoms with Crippen LogP contribution < -0.4 is 5.56 Å². The van der Waals surface area contributed by atoms with Gasteiger partial charge in [0.15, 0.2) is 11.2 Å². The van der Waals surface area contributed by atoms with Crippen LogP contribution in [0.5, 0.6) is 0 Å². The molecule has 6 nitrogen and oxygen atoms in total. The Hall–Kier alpha value is -3.02. The standard InChI is InChI=1S/C23H25N5O/c1-3-17-20(16-10-5-4-6-11-16)22-25-24-21-19(28(22)26-17)13-14-27(23(21)29)18-12-8-7-9-15(18)2/h4-6,10-11,13-15,18H,3,7-9,12H2,1-2H3. The molecule has 0 amide bonds. The molecule has 29 heavy (non-hydrogen) atoms. The number of fused-ring (bicyclic) bond motifs is 3. The van der Waals surface area contributed by atoms with Crippen LogP contribution in [0.1, 0.15) is 51.3 Å². The Balaban J connectivity index is 1.73. The third-order valence-corrected chi connectivity index (χ3v) is 6.30. The number of hydrogen-bond donors (Lipinski definition) is 0. The number of aromatic nitrogens is 5. The maximum Gasteiger partial charge on any atom is 0.280 e. The minimum absolute atomic E-state index is 0.0644. The highest BCUT2D eigenvalue weighted by molar-refractivity contribution is 5.84. The monoisotopic (exact) mass is 387 g/mol. The molecule has 1 fully saturated rings. The van der Waals surface area contributed by atoms with E-state index in [1.54, 1.807) is 4.52 Å². The van der Waals surface area contributed by atoms with Crippen molar-refractivity contribution in [3.63, 3.8) is 0 Å². The van der Waals surface area contributed by atoms with Crippen molar-refractivity contribution in [3.05, 3.63) is 58.6 Å². The van der Waals surface area contributed by atoms with E-state index in [9.17, 15) is 4.79 Å². The van der Waals surface area contributed by atoms with Crippen LogP contribution in [0.15, 0.2) is 47.4 Å². The van der Waals surface area contributed by atoms with Gasteiger partial charge in [-0.25, -0.2) is 4.52 Å². The highest BCUT2D eigenvalue weighted by atomic mass is 16.1. The molecular formula is C23H25N5O. The first kappa shape index (κ1) is 18.0. The van der Waals surface area contributed by atoms with E-state index < -0.39 is 0 Å². The van der Waals surface area contributed by atoms with Gasteiger partial charge in [-0.05, 0) is 36.8 Å². The lowest BCUT2D eigenvalue weighted by Crippen LogP contribution is -2.31. The molecule has 3 aromatic heterocycles. The Morgan fingerprint density at radius 2 is 1.86 bits per heavy atom. The fraction of sp³-hybridized carbons (Fsp3) is 0.391. The Bertz CT molecular complexity index is 1240. The van der Waals surface area contributed by atoms with Gasteiger partial charge >= 0.3 is 0 Å². The molecule has 1 aromatic carbocycles. The summed E-state index contributed by atoms with van der Waals surface area (Å²) in [4.78, 5) is 13.3. The quantitative estimate of drug-likeness (QED) is 0.522. The highest BCUT2D eigenvalue weighted by Crippen LogP contribution is 2.33. The molecule has 148 valence electrons. The topological polar surface area (TPSA) is 65.1 Å². The van der Waals surface area contributed by atoms with Crippen LogP contribution >= 0.6 is 0 Å². The Morgan fingerprint density at radius 3 is 2.62 bits per heavy atom. The Morgan fingerprint density at radius 1 is 1.07 bits per heavy atom. The summed E-state index contributed by atoms with van der Waals surface area (Å²) in [5, 5.41) is 13.6. The lowest BCUT2D eigenvalue weighted by atomic mass is 9.85. The second kappa shape index (κ2) is 7.10. The normalized spacial score (nSPS) is 19.8. The van der Waals surface area contributed by atoms with Gasteiger partial charge in [0, 0.05) is 12.2 Å². The van der Waals surface area contributed by atoms with Crippen LogP contribution in [-0.2, 0) is 6.42 Å². The first-order chi connectivity index (χ1) is 14.2. The summed E-state index contributed by atoms with van der Waals surface area (Å²) in [7, 11) is 0. The van der Waals surface area contributed by atoms with Gasteiger partial charge in [0.2, 0.25) is 0 Å². The van der Waals surface area contributed by atoms with Gasteiger partial charge in [-0.3, -0.25) is 4.79 Å². The summed E-state index contributed by atoms with van der Waals surface area (Å²) in [6.45, 7) is 4.32. The summed E-state index contributed by atoms with van der Waals surface area (Å²) < 4.78 is 3.66. The molecule has 1 aliphatic rings. The van der Waals surface area contributed by atoms with Gasteiger partial charge in [0.25, 0.3) is 5.56 Å². The van der Waals surface area contributed by atoms with Crippen molar-refractivity contribution in [2.75, 3.05) is 0 Å². The smallest absolute Gasteiger partial charge is 0.280 e. The van der Waals surface area contributed by atoms with E-state index >= 15 is 0 Å². The molecule has 1 aliphatic carbocycles. The summed E-state index contributed by atoms with van der Waals surface area (Å²) >= 11 is 0. The number of hydrogen-bond acceptors (Lipinski definition) is 4. The Labute approximate surface area is 169 Å². The maximum atomic E-state index is 13.3. The van der Waals surface area contributed by atoms with Crippen LogP contribution in [0.25, 0.3) is 27.8 Å². The lowest BCUT2D eigenvalue weighted by molar-refractivity contribution is 0.253. The second-order valence-corrected chi connectivity index (χ2v) is 8.07. The molecule has 0 N–H and O–H groups in total. The van der Waals surface area contributed by atoms with E-state index in [1.807, 2.05) is 35.0 Å². The molecule has 0 aliphatic heterocycles. The fourth-order valence-electron chi connectivity index (χ4n) is 4.72. The molecule has 4 aromatic rings. The van der Waals surface area contributed by atoms with Gasteiger partial charge < -0.3 is 4.57 Å². The summed E-state index contributed by atoms with van der Waals surface area (Å²) in [5.74, 6) is 0.497. The first-order valence-corrected chi connectivity index (χ1v) is 10.5. The lowest BCUT2D eigenvalue weighted by Gasteiger charge is -2.30. The van der Waals surface area contributed by atoms with Crippen molar-refractivity contribution in [1.82, 2.24) is 24.4 Å². The molecule has 0 bridgehead atoms. The SMILES string of the molecule is CCc1nn2c(nnc3c(=O)n(C4CCCCC4C)ccc32)c1-c1ccccc1. The number of benzene rings is 1. The number of pyridine rings is 1. The van der Waals surface area contributed by atoms with Gasteiger partial charge in [-0.15, -0.1) is 10.2 Å². The molecule has 3 heterocycles. The third kappa shape index (κ3) is 2.85. The van der Waals surface area contributed by atoms with Crippen molar-refractivity contribution in [2.45, 2.75) is 52.0 Å². The minimum Gasteiger partial charge on any atom is -0.310 e. The summed E-state index contributed by atoms with van der Waals surface area (Å²) in [6, 6.07) is 12.3. The zero-order valence-electron chi connectivity index (χ0n) is 16.9. The van der Waals surface area contributed by atoms with E-state index in [2.05, 4.69) is 36.2 Å². The van der Waals surface area contributed by atoms with Crippen LogP contribution in [0.3, 0.4) is 0 Å². The van der Waals surface area contributed by atoms with Crippen molar-refractivity contribution >= 4 is 16.7 Å². The van der Waals surface area contributed by atoms with Crippen LogP contribution in [-0.4, -0.2) is 24.4 Å². The first-order valence-electron chi connectivity index (χ1n) is 10.5. The molecule has 2 atom stereocenters. The van der Waals surface area contributed by atoms with Crippen molar-refractivity contribution in [1.29, 1.82) is 0 Å². The van der Waals surface area contributed by atoms with Crippen LogP contribution in [0.4, 0.5) is 0 Å². The van der Waals surface area contributed by atoms with Gasteiger partial charge in [0.05, 0.1) is 11.3 Å². The van der Waals surface area contributed by atoms with Crippen molar-refractivity contribution in [3.8, 4) is 11.1 Å². The molecule has 2 unspecified atom stereocenters. The number of rotatable bonds is 3. The maximum absolute atomic E-state index is 13.3. The molecule has 6 heteroatoms. The van der Waals surface area contributed by atoms with Crippen molar-refractivity contribution in [2.24, 2.45) is 5.92 Å². The highest BCUT2D eigenvalue weighted by Gasteiger charge is 2.25. The predicted molar refractivity (Wildman–Crippen MR) is 114 cm³/mol. The molecule has 1 saturated carbocycles. The number of nitrogens with zero attached hydrogens (tertiary/aromatic N) is 5. The van der Waals surface area contributed by atoms with E-state index in [-0.39, 0.29) is 11.6 Å². The van der Waals surface area contributed by atoms with E-state index in [0.29, 0.717) is 17.1 Å². The van der Waals surface area contributed by atoms with E-state index in [4.69, 9.17) is 5.10 Å². The third-order valence-electron chi connectivity index (χ3n) is 6.30. The second-order valence-electron chi connectivity index (χ2n) is 8.07. The zero-order valence-corrected chi connectivity index (χ0v) is 16.9. The van der Waals surface area contributed by atoms with E-state index in [1.165, 1.54) is 19.3 Å². The van der Waals surface area contributed by atoms with Gasteiger partial charge in [-0.1, -0.05) is 57.0 Å². The molecule has 0 spiro atoms. The zero-order chi connectivity index (χ0) is 20.0. The summed E-state index contributed by atoms with van der Waals surface area (Å²) in [5.41, 5.74) is 4.77. The molecular weight excluding hydrogens is 362 g/mol. The van der Waals surface area contributed by atoms with Gasteiger partial charge in [0.1, 0.15) is 5.52 Å². The fourth-order valence-corrected chi connectivity index (χ4v) is 4.72. The molecule has 0 radical (unpaired) electrons. The van der Waals surface area contributed by atoms with Crippen LogP contribution in [0.2, 0.25) is 0 Å². The van der Waals surface area contributed by atoms with Gasteiger partial charge in [-0.2, -0.15) is 5.10 Å².